The van der Waals surface area contributed by atoms with E-state index in [0.717, 1.165) is 0 Å². The number of rotatable bonds is 1. The molecule has 0 amide bonds. The average molecular weight is 110 g/mol. The monoisotopic (exact) mass is 110 g/mol. The van der Waals surface area contributed by atoms with Gasteiger partial charge in [-0.15, -0.1) is 0 Å². The molecule has 0 aliphatic heterocycles. The molecule has 0 unspecified atom stereocenters. The summed E-state index contributed by atoms with van der Waals surface area (Å²) in [5.41, 5.74) is 0. The highest BCUT2D eigenvalue weighted by Crippen LogP contribution is 2.21. The van der Waals surface area contributed by atoms with E-state index in [1.165, 1.54) is 32.1 Å². The van der Waals surface area contributed by atoms with Gasteiger partial charge in [-0.1, -0.05) is 19.3 Å². The van der Waals surface area contributed by atoms with Crippen LogP contribution in [0.15, 0.2) is 0 Å². The van der Waals surface area contributed by atoms with Crippen molar-refractivity contribution in [3.8, 4) is 0 Å². The van der Waals surface area contributed by atoms with Crippen LogP contribution in [-0.2, 0) is 0 Å². The lowest BCUT2D eigenvalue weighted by Gasteiger charge is -2.15. The highest BCUT2D eigenvalue weighted by molar-refractivity contribution is 5.56. The van der Waals surface area contributed by atoms with Crippen LogP contribution in [0, 0.1) is 11.3 Å². The van der Waals surface area contributed by atoms with E-state index in [1.54, 1.807) is 0 Å². The van der Waals surface area contributed by atoms with Crippen LogP contribution in [0.2, 0.25) is 0 Å². The molecular weight excluding hydrogens is 98.1 g/mol. The van der Waals surface area contributed by atoms with Gasteiger partial charge in [0.05, 0.1) is 6.21 Å². The maximum Gasteiger partial charge on any atom is 0.0555 e. The summed E-state index contributed by atoms with van der Waals surface area (Å²) >= 11 is 0. The number of hydrogen-bond donors (Lipinski definition) is 1. The van der Waals surface area contributed by atoms with Crippen LogP contribution < -0.4 is 0 Å². The summed E-state index contributed by atoms with van der Waals surface area (Å²) in [5, 5.41) is 6.85. The molecule has 1 heteroatoms. The van der Waals surface area contributed by atoms with Gasteiger partial charge in [-0.25, -0.2) is 0 Å². The van der Waals surface area contributed by atoms with Gasteiger partial charge in [-0.2, -0.15) is 0 Å². The molecule has 0 heterocycles. The summed E-state index contributed by atoms with van der Waals surface area (Å²) in [6.45, 7) is 0. The number of nitrogens with one attached hydrogen (secondary N) is 1. The van der Waals surface area contributed by atoms with Gasteiger partial charge in [-0.05, 0) is 12.8 Å². The Morgan fingerprint density at radius 2 is 1.75 bits per heavy atom. The Balaban J connectivity index is 2.22. The van der Waals surface area contributed by atoms with Crippen LogP contribution in [0.3, 0.4) is 0 Å². The maximum absolute atomic E-state index is 6.85. The van der Waals surface area contributed by atoms with Gasteiger partial charge in [-0.3, -0.25) is 0 Å². The second kappa shape index (κ2) is 2.85. The van der Waals surface area contributed by atoms with Crippen molar-refractivity contribution in [1.82, 2.24) is 0 Å². The SMILES string of the molecule is N=[C]C1CCCCC1. The van der Waals surface area contributed by atoms with Crippen LogP contribution in [0.1, 0.15) is 32.1 Å². The summed E-state index contributed by atoms with van der Waals surface area (Å²) in [4.78, 5) is 0. The van der Waals surface area contributed by atoms with Crippen molar-refractivity contribution < 1.29 is 0 Å². The maximum atomic E-state index is 6.85. The van der Waals surface area contributed by atoms with E-state index in [-0.39, 0.29) is 0 Å². The largest absolute Gasteiger partial charge is 0.303 e. The Hall–Kier alpha value is -0.330. The smallest absolute Gasteiger partial charge is 0.0555 e. The minimum atomic E-state index is 0.503. The van der Waals surface area contributed by atoms with Gasteiger partial charge < -0.3 is 5.41 Å². The lowest BCUT2D eigenvalue weighted by atomic mass is 9.90. The Morgan fingerprint density at radius 3 is 2.12 bits per heavy atom. The molecule has 45 valence electrons. The van der Waals surface area contributed by atoms with E-state index >= 15 is 0 Å². The summed E-state index contributed by atoms with van der Waals surface area (Å²) in [7, 11) is 0. The molecule has 0 saturated heterocycles. The van der Waals surface area contributed by atoms with Crippen LogP contribution in [0.5, 0.6) is 0 Å². The van der Waals surface area contributed by atoms with E-state index in [9.17, 15) is 0 Å². The fraction of sp³-hybridized carbons (Fsp3) is 0.857. The summed E-state index contributed by atoms with van der Waals surface area (Å²) in [6.07, 6.45) is 8.98. The number of hydrogen-bond acceptors (Lipinski definition) is 1. The Bertz CT molecular complexity index is 72.5. The van der Waals surface area contributed by atoms with Crippen molar-refractivity contribution in [2.24, 2.45) is 5.92 Å². The normalized spacial score (nSPS) is 23.0. The van der Waals surface area contributed by atoms with Crippen LogP contribution in [0.4, 0.5) is 0 Å². The molecule has 0 spiro atoms. The molecule has 1 aliphatic carbocycles. The first-order chi connectivity index (χ1) is 3.93. The average Bonchev–Trinajstić information content (AvgIpc) is 1.90. The van der Waals surface area contributed by atoms with Gasteiger partial charge >= 0.3 is 0 Å². The third-order valence-electron chi connectivity index (χ3n) is 1.81. The molecule has 1 aliphatic rings. The van der Waals surface area contributed by atoms with Crippen LogP contribution >= 0.6 is 0 Å². The third kappa shape index (κ3) is 1.32. The fourth-order valence-corrected chi connectivity index (χ4v) is 1.25. The highest BCUT2D eigenvalue weighted by atomic mass is 14.4. The molecule has 0 aromatic carbocycles. The zero-order chi connectivity index (χ0) is 5.82. The van der Waals surface area contributed by atoms with Gasteiger partial charge in [0.15, 0.2) is 0 Å². The minimum absolute atomic E-state index is 0.503. The molecule has 1 rings (SSSR count). The molecule has 8 heavy (non-hydrogen) atoms. The first-order valence-electron chi connectivity index (χ1n) is 3.36. The lowest BCUT2D eigenvalue weighted by molar-refractivity contribution is 0.444. The van der Waals surface area contributed by atoms with Gasteiger partial charge in [0, 0.05) is 5.92 Å². The molecular formula is C7H12N. The Labute approximate surface area is 50.6 Å². The molecule has 0 aromatic rings. The van der Waals surface area contributed by atoms with Crippen molar-refractivity contribution >= 4 is 6.21 Å². The Morgan fingerprint density at radius 1 is 1.12 bits per heavy atom. The zero-order valence-corrected chi connectivity index (χ0v) is 5.11. The molecule has 0 atom stereocenters. The summed E-state index contributed by atoms with van der Waals surface area (Å²) in [6, 6.07) is 0. The van der Waals surface area contributed by atoms with Crippen molar-refractivity contribution in [2.75, 3.05) is 0 Å². The first kappa shape index (κ1) is 5.80. The van der Waals surface area contributed by atoms with Crippen LogP contribution in [-0.4, -0.2) is 6.21 Å². The predicted molar refractivity (Wildman–Crippen MR) is 34.3 cm³/mol. The molecule has 1 fully saturated rings. The van der Waals surface area contributed by atoms with E-state index < -0.39 is 0 Å². The molecule has 1 N–H and O–H groups in total. The Kier molecular flexibility index (Phi) is 2.07. The van der Waals surface area contributed by atoms with Crippen molar-refractivity contribution in [2.45, 2.75) is 32.1 Å². The quantitative estimate of drug-likeness (QED) is 0.500. The molecule has 1 radical (unpaired) electrons. The van der Waals surface area contributed by atoms with Gasteiger partial charge in [0.25, 0.3) is 0 Å². The lowest BCUT2D eigenvalue weighted by Crippen LogP contribution is -2.05. The minimum Gasteiger partial charge on any atom is -0.303 e. The molecule has 1 saturated carbocycles. The molecule has 0 bridgehead atoms. The standard InChI is InChI=1S/C7H12N/c8-6-7-4-2-1-3-5-7/h7-8H,1-5H2. The second-order valence-electron chi connectivity index (χ2n) is 2.48. The summed E-state index contributed by atoms with van der Waals surface area (Å²) < 4.78 is 0. The third-order valence-corrected chi connectivity index (χ3v) is 1.81. The van der Waals surface area contributed by atoms with Crippen molar-refractivity contribution in [3.63, 3.8) is 0 Å². The molecule has 0 aromatic heterocycles. The van der Waals surface area contributed by atoms with Crippen molar-refractivity contribution in [3.05, 3.63) is 0 Å². The van der Waals surface area contributed by atoms with E-state index in [2.05, 4.69) is 6.21 Å². The first-order valence-corrected chi connectivity index (χ1v) is 3.36. The predicted octanol–water partition coefficient (Wildman–Crippen LogP) is 2.09. The topological polar surface area (TPSA) is 23.9 Å². The van der Waals surface area contributed by atoms with Crippen LogP contribution in [0.25, 0.3) is 0 Å². The van der Waals surface area contributed by atoms with E-state index in [0.29, 0.717) is 5.92 Å². The summed E-state index contributed by atoms with van der Waals surface area (Å²) in [5.74, 6) is 0.503. The highest BCUT2D eigenvalue weighted by Gasteiger charge is 2.09. The van der Waals surface area contributed by atoms with E-state index in [1.807, 2.05) is 0 Å². The van der Waals surface area contributed by atoms with E-state index in [4.69, 9.17) is 5.41 Å². The molecule has 1 nitrogen and oxygen atoms in total. The fourth-order valence-electron chi connectivity index (χ4n) is 1.25. The van der Waals surface area contributed by atoms with Gasteiger partial charge in [0.2, 0.25) is 0 Å². The van der Waals surface area contributed by atoms with Gasteiger partial charge in [0.1, 0.15) is 0 Å². The zero-order valence-electron chi connectivity index (χ0n) is 5.11. The van der Waals surface area contributed by atoms with Crippen molar-refractivity contribution in [1.29, 1.82) is 5.41 Å². The second-order valence-corrected chi connectivity index (χ2v) is 2.48.